The summed E-state index contributed by atoms with van der Waals surface area (Å²) < 4.78 is 1.63. The molecule has 31 heavy (non-hydrogen) atoms. The first-order valence-electron chi connectivity index (χ1n) is 10.4. The lowest BCUT2D eigenvalue weighted by Gasteiger charge is -2.31. The van der Waals surface area contributed by atoms with E-state index in [1.165, 1.54) is 12.8 Å². The molecule has 0 aromatic carbocycles. The number of hydrogen-bond acceptors (Lipinski definition) is 7. The molecule has 2 N–H and O–H groups in total. The van der Waals surface area contributed by atoms with Gasteiger partial charge in [-0.15, -0.1) is 0 Å². The Bertz CT molecular complexity index is 1130. The SMILES string of the molecule is Cc1ncc(C(=O)NCCN2CCCC2(C)C)cc1Nc1nn(C)c2nc(Cl)ncc12. The molecule has 1 aliphatic heterocycles. The molecule has 4 heterocycles. The molecule has 1 amide bonds. The topological polar surface area (TPSA) is 101 Å². The van der Waals surface area contributed by atoms with E-state index in [0.29, 0.717) is 29.3 Å². The number of aryl methyl sites for hydroxylation is 2. The molecule has 0 aliphatic carbocycles. The number of nitrogens with one attached hydrogen (secondary N) is 2. The Morgan fingerprint density at radius 2 is 2.10 bits per heavy atom. The number of carbonyl (C=O) groups is 1. The summed E-state index contributed by atoms with van der Waals surface area (Å²) in [6, 6.07) is 1.79. The van der Waals surface area contributed by atoms with E-state index >= 15 is 0 Å². The Labute approximate surface area is 186 Å². The normalized spacial score (nSPS) is 16.0. The largest absolute Gasteiger partial charge is 0.351 e. The van der Waals surface area contributed by atoms with Gasteiger partial charge in [0.15, 0.2) is 11.5 Å². The van der Waals surface area contributed by atoms with E-state index in [-0.39, 0.29) is 16.7 Å². The molecule has 3 aromatic heterocycles. The van der Waals surface area contributed by atoms with Crippen LogP contribution in [0.15, 0.2) is 18.5 Å². The Hall–Kier alpha value is -2.78. The molecule has 0 saturated carbocycles. The number of likely N-dealkylation sites (tertiary alicyclic amines) is 1. The van der Waals surface area contributed by atoms with Gasteiger partial charge in [-0.05, 0) is 57.8 Å². The van der Waals surface area contributed by atoms with Crippen molar-refractivity contribution < 1.29 is 4.79 Å². The lowest BCUT2D eigenvalue weighted by Crippen LogP contribution is -2.43. The maximum Gasteiger partial charge on any atom is 0.252 e. The van der Waals surface area contributed by atoms with Crippen molar-refractivity contribution >= 4 is 40.0 Å². The first kappa shape index (κ1) is 21.5. The van der Waals surface area contributed by atoms with E-state index in [0.717, 1.165) is 24.2 Å². The fourth-order valence-electron chi connectivity index (χ4n) is 4.00. The average molecular weight is 443 g/mol. The number of carbonyl (C=O) groups excluding carboxylic acids is 1. The van der Waals surface area contributed by atoms with Gasteiger partial charge in [-0.3, -0.25) is 14.7 Å². The zero-order valence-electron chi connectivity index (χ0n) is 18.2. The lowest BCUT2D eigenvalue weighted by molar-refractivity contribution is 0.0940. The van der Waals surface area contributed by atoms with Crippen molar-refractivity contribution in [2.45, 2.75) is 39.2 Å². The summed E-state index contributed by atoms with van der Waals surface area (Å²) in [5, 5.41) is 11.6. The number of rotatable bonds is 6. The minimum Gasteiger partial charge on any atom is -0.351 e. The van der Waals surface area contributed by atoms with Gasteiger partial charge >= 0.3 is 0 Å². The highest BCUT2D eigenvalue weighted by atomic mass is 35.5. The summed E-state index contributed by atoms with van der Waals surface area (Å²) in [5.41, 5.74) is 2.76. The summed E-state index contributed by atoms with van der Waals surface area (Å²) in [6.45, 7) is 8.90. The zero-order valence-corrected chi connectivity index (χ0v) is 19.0. The second kappa shape index (κ2) is 8.39. The van der Waals surface area contributed by atoms with Gasteiger partial charge < -0.3 is 10.6 Å². The van der Waals surface area contributed by atoms with Crippen molar-refractivity contribution in [1.82, 2.24) is 34.9 Å². The van der Waals surface area contributed by atoms with E-state index < -0.39 is 0 Å². The highest BCUT2D eigenvalue weighted by molar-refractivity contribution is 6.28. The van der Waals surface area contributed by atoms with E-state index in [1.807, 2.05) is 6.92 Å². The predicted octanol–water partition coefficient (Wildman–Crippen LogP) is 3.07. The van der Waals surface area contributed by atoms with Crippen molar-refractivity contribution in [3.8, 4) is 0 Å². The minimum atomic E-state index is -0.145. The van der Waals surface area contributed by atoms with Gasteiger partial charge in [0, 0.05) is 38.1 Å². The number of hydrogen-bond donors (Lipinski definition) is 2. The fourth-order valence-corrected chi connectivity index (χ4v) is 4.13. The van der Waals surface area contributed by atoms with Gasteiger partial charge in [0.25, 0.3) is 5.91 Å². The van der Waals surface area contributed by atoms with E-state index in [2.05, 4.69) is 49.4 Å². The Morgan fingerprint density at radius 3 is 2.84 bits per heavy atom. The number of amides is 1. The number of aromatic nitrogens is 5. The van der Waals surface area contributed by atoms with Crippen molar-refractivity contribution in [1.29, 1.82) is 0 Å². The van der Waals surface area contributed by atoms with Crippen LogP contribution in [0, 0.1) is 6.92 Å². The van der Waals surface area contributed by atoms with Crippen molar-refractivity contribution in [3.63, 3.8) is 0 Å². The highest BCUT2D eigenvalue weighted by Gasteiger charge is 2.31. The fraction of sp³-hybridized carbons (Fsp3) is 0.476. The number of pyridine rings is 1. The maximum atomic E-state index is 12.7. The third-order valence-corrected chi connectivity index (χ3v) is 6.08. The van der Waals surface area contributed by atoms with E-state index in [9.17, 15) is 4.79 Å². The summed E-state index contributed by atoms with van der Waals surface area (Å²) >= 11 is 5.90. The van der Waals surface area contributed by atoms with Crippen LogP contribution in [0.3, 0.4) is 0 Å². The van der Waals surface area contributed by atoms with Crippen LogP contribution in [-0.2, 0) is 7.05 Å². The second-order valence-corrected chi connectivity index (χ2v) is 8.83. The number of nitrogens with zero attached hydrogens (tertiary/aromatic N) is 6. The molecular formula is C21H27ClN8O. The molecule has 4 rings (SSSR count). The van der Waals surface area contributed by atoms with Crippen LogP contribution >= 0.6 is 11.6 Å². The average Bonchev–Trinajstić information content (AvgIpc) is 3.21. The van der Waals surface area contributed by atoms with Crippen LogP contribution in [0.2, 0.25) is 5.28 Å². The molecule has 3 aromatic rings. The predicted molar refractivity (Wildman–Crippen MR) is 121 cm³/mol. The van der Waals surface area contributed by atoms with Crippen LogP contribution in [0.25, 0.3) is 11.0 Å². The summed E-state index contributed by atoms with van der Waals surface area (Å²) in [5.74, 6) is 0.432. The van der Waals surface area contributed by atoms with Crippen molar-refractivity contribution in [2.75, 3.05) is 25.0 Å². The van der Waals surface area contributed by atoms with Gasteiger partial charge in [0.05, 0.1) is 22.3 Å². The van der Waals surface area contributed by atoms with Crippen LogP contribution in [0.1, 0.15) is 42.7 Å². The monoisotopic (exact) mass is 442 g/mol. The third-order valence-electron chi connectivity index (χ3n) is 5.89. The Balaban J connectivity index is 1.47. The molecule has 10 heteroatoms. The van der Waals surface area contributed by atoms with E-state index in [4.69, 9.17) is 11.6 Å². The standard InChI is InChI=1S/C21H27ClN8O/c1-13-16(26-17-15-12-25-20(22)27-18(15)29(4)28-17)10-14(11-24-13)19(31)23-7-9-30-8-5-6-21(30,2)3/h10-12H,5-9H2,1-4H3,(H,23,31)(H,26,28). The summed E-state index contributed by atoms with van der Waals surface area (Å²) in [6.07, 6.45) is 5.61. The smallest absolute Gasteiger partial charge is 0.252 e. The van der Waals surface area contributed by atoms with Crippen LogP contribution in [-0.4, -0.2) is 60.7 Å². The Morgan fingerprint density at radius 1 is 1.29 bits per heavy atom. The first-order chi connectivity index (χ1) is 14.7. The van der Waals surface area contributed by atoms with Gasteiger partial charge in [-0.25, -0.2) is 9.67 Å². The molecule has 1 aliphatic rings. The lowest BCUT2D eigenvalue weighted by atomic mass is 10.0. The zero-order chi connectivity index (χ0) is 22.2. The summed E-state index contributed by atoms with van der Waals surface area (Å²) in [7, 11) is 1.79. The first-order valence-corrected chi connectivity index (χ1v) is 10.7. The second-order valence-electron chi connectivity index (χ2n) is 8.49. The van der Waals surface area contributed by atoms with E-state index in [1.54, 1.807) is 30.2 Å². The molecule has 9 nitrogen and oxygen atoms in total. The van der Waals surface area contributed by atoms with Crippen LogP contribution in [0.5, 0.6) is 0 Å². The van der Waals surface area contributed by atoms with Gasteiger partial charge in [0.1, 0.15) is 0 Å². The number of halogens is 1. The molecule has 0 radical (unpaired) electrons. The van der Waals surface area contributed by atoms with Crippen LogP contribution < -0.4 is 10.6 Å². The van der Waals surface area contributed by atoms with Crippen molar-refractivity contribution in [3.05, 3.63) is 35.0 Å². The molecule has 0 unspecified atom stereocenters. The molecule has 0 spiro atoms. The molecule has 0 atom stereocenters. The molecular weight excluding hydrogens is 416 g/mol. The van der Waals surface area contributed by atoms with Gasteiger partial charge in [-0.1, -0.05) is 0 Å². The molecule has 1 fully saturated rings. The van der Waals surface area contributed by atoms with Gasteiger partial charge in [0.2, 0.25) is 5.28 Å². The molecule has 0 bridgehead atoms. The molecule has 164 valence electrons. The number of fused-ring (bicyclic) bond motifs is 1. The van der Waals surface area contributed by atoms with Crippen LogP contribution in [0.4, 0.5) is 11.5 Å². The third kappa shape index (κ3) is 4.47. The van der Waals surface area contributed by atoms with Crippen molar-refractivity contribution in [2.24, 2.45) is 7.05 Å². The quantitative estimate of drug-likeness (QED) is 0.565. The maximum absolute atomic E-state index is 12.7. The highest BCUT2D eigenvalue weighted by Crippen LogP contribution is 2.28. The number of anilines is 2. The molecule has 1 saturated heterocycles. The summed E-state index contributed by atoms with van der Waals surface area (Å²) in [4.78, 5) is 27.8. The minimum absolute atomic E-state index is 0.145. The van der Waals surface area contributed by atoms with Gasteiger partial charge in [-0.2, -0.15) is 10.1 Å². The Kier molecular flexibility index (Phi) is 5.81.